The van der Waals surface area contributed by atoms with Gasteiger partial charge in [-0.3, -0.25) is 0 Å². The van der Waals surface area contributed by atoms with Crippen LogP contribution in [-0.2, 0) is 4.74 Å². The van der Waals surface area contributed by atoms with Crippen LogP contribution in [-0.4, -0.2) is 36.0 Å². The average molecular weight is 318 g/mol. The maximum absolute atomic E-state index is 13.8. The van der Waals surface area contributed by atoms with Crippen molar-refractivity contribution in [3.05, 3.63) is 28.8 Å². The highest BCUT2D eigenvalue weighted by Gasteiger charge is 2.22. The number of fused-ring (bicyclic) bond motifs is 1. The van der Waals surface area contributed by atoms with Crippen LogP contribution >= 0.6 is 23.2 Å². The third kappa shape index (κ3) is 2.34. The zero-order valence-corrected chi connectivity index (χ0v) is 12.5. The molecule has 0 amide bonds. The van der Waals surface area contributed by atoms with E-state index in [4.69, 9.17) is 27.9 Å². The van der Waals surface area contributed by atoms with Gasteiger partial charge in [-0.2, -0.15) is 0 Å². The van der Waals surface area contributed by atoms with Crippen molar-refractivity contribution in [2.45, 2.75) is 12.3 Å². The van der Waals surface area contributed by atoms with Gasteiger partial charge in [-0.15, -0.1) is 11.6 Å². The molecule has 1 saturated heterocycles. The van der Waals surface area contributed by atoms with Gasteiger partial charge in [0, 0.05) is 6.07 Å². The Hall–Kier alpha value is -1.04. The van der Waals surface area contributed by atoms with E-state index in [0.29, 0.717) is 43.2 Å². The molecule has 0 spiro atoms. The summed E-state index contributed by atoms with van der Waals surface area (Å²) in [4.78, 5) is 4.49. The smallest absolute Gasteiger partial charge is 0.146 e. The van der Waals surface area contributed by atoms with Crippen LogP contribution in [0.3, 0.4) is 0 Å². The summed E-state index contributed by atoms with van der Waals surface area (Å²) in [5.41, 5.74) is 1.32. The number of imidazole rings is 1. The molecule has 0 saturated carbocycles. The summed E-state index contributed by atoms with van der Waals surface area (Å²) < 4.78 is 21.0. The van der Waals surface area contributed by atoms with E-state index in [1.807, 2.05) is 11.6 Å². The number of benzene rings is 1. The Morgan fingerprint density at radius 2 is 2.05 bits per heavy atom. The lowest BCUT2D eigenvalue weighted by Crippen LogP contribution is -2.44. The second-order valence-electron chi connectivity index (χ2n) is 4.72. The first kappa shape index (κ1) is 13.9. The Bertz CT molecular complexity index is 638. The van der Waals surface area contributed by atoms with Crippen LogP contribution in [0.15, 0.2) is 12.1 Å². The molecule has 1 aromatic heterocycles. The summed E-state index contributed by atoms with van der Waals surface area (Å²) in [6.07, 6.45) is 0. The van der Waals surface area contributed by atoms with Crippen molar-refractivity contribution in [2.75, 3.05) is 31.3 Å². The Morgan fingerprint density at radius 3 is 2.70 bits per heavy atom. The first-order chi connectivity index (χ1) is 9.58. The summed E-state index contributed by atoms with van der Waals surface area (Å²) in [5, 5.41) is 1.85. The summed E-state index contributed by atoms with van der Waals surface area (Å²) >= 11 is 12.0. The Labute approximate surface area is 126 Å². The fraction of sp³-hybridized carbons (Fsp3) is 0.462. The third-order valence-corrected chi connectivity index (χ3v) is 3.81. The number of hydrogen-bond donors (Lipinski definition) is 0. The van der Waals surface area contributed by atoms with E-state index in [0.717, 1.165) is 0 Å². The van der Waals surface area contributed by atoms with Gasteiger partial charge in [0.2, 0.25) is 0 Å². The highest BCUT2D eigenvalue weighted by atomic mass is 35.5. The number of hydrogen-bond acceptors (Lipinski definition) is 3. The maximum Gasteiger partial charge on any atom is 0.146 e. The summed E-state index contributed by atoms with van der Waals surface area (Å²) in [5.74, 6) is 0.229. The Balaban J connectivity index is 2.20. The Morgan fingerprint density at radius 1 is 1.35 bits per heavy atom. The van der Waals surface area contributed by atoms with Gasteiger partial charge in [-0.25, -0.2) is 14.1 Å². The highest BCUT2D eigenvalue weighted by molar-refractivity contribution is 6.31. The number of nitrogens with zero attached hydrogens (tertiary/aromatic N) is 3. The molecule has 1 aromatic carbocycles. The van der Waals surface area contributed by atoms with Crippen molar-refractivity contribution in [2.24, 2.45) is 0 Å². The molecule has 4 nitrogen and oxygen atoms in total. The average Bonchev–Trinajstić information content (AvgIpc) is 2.79. The molecule has 1 atom stereocenters. The molecule has 0 bridgehead atoms. The van der Waals surface area contributed by atoms with Crippen molar-refractivity contribution in [3.8, 4) is 0 Å². The number of aromatic nitrogens is 2. The fourth-order valence-electron chi connectivity index (χ4n) is 2.39. The van der Waals surface area contributed by atoms with Gasteiger partial charge in [0.05, 0.1) is 47.7 Å². The second kappa shape index (κ2) is 5.39. The zero-order chi connectivity index (χ0) is 14.3. The van der Waals surface area contributed by atoms with Crippen LogP contribution in [0.2, 0.25) is 5.02 Å². The summed E-state index contributed by atoms with van der Waals surface area (Å²) in [6.45, 7) is 4.54. The molecular weight excluding hydrogens is 304 g/mol. The SMILES string of the molecule is CC(Cl)c1nc2cc(Cl)c(F)cc2n1N1CCOCC1. The van der Waals surface area contributed by atoms with E-state index >= 15 is 0 Å². The van der Waals surface area contributed by atoms with Gasteiger partial charge in [0.1, 0.15) is 11.6 Å². The molecule has 20 heavy (non-hydrogen) atoms. The normalized spacial score (nSPS) is 17.7. The van der Waals surface area contributed by atoms with Gasteiger partial charge in [0.25, 0.3) is 0 Å². The van der Waals surface area contributed by atoms with Crippen molar-refractivity contribution in [1.82, 2.24) is 9.66 Å². The number of halogens is 3. The minimum absolute atomic E-state index is 0.0675. The number of rotatable bonds is 2. The van der Waals surface area contributed by atoms with E-state index in [-0.39, 0.29) is 10.4 Å². The van der Waals surface area contributed by atoms with Gasteiger partial charge in [-0.1, -0.05) is 11.6 Å². The van der Waals surface area contributed by atoms with Gasteiger partial charge in [0.15, 0.2) is 0 Å². The molecule has 2 heterocycles. The monoisotopic (exact) mass is 317 g/mol. The molecule has 7 heteroatoms. The maximum atomic E-state index is 13.8. The molecule has 1 fully saturated rings. The van der Waals surface area contributed by atoms with Crippen LogP contribution in [0, 0.1) is 5.82 Å². The summed E-state index contributed by atoms with van der Waals surface area (Å²) in [7, 11) is 0. The topological polar surface area (TPSA) is 30.3 Å². The lowest BCUT2D eigenvalue weighted by molar-refractivity contribution is 0.111. The third-order valence-electron chi connectivity index (χ3n) is 3.32. The first-order valence-corrected chi connectivity index (χ1v) is 7.24. The van der Waals surface area contributed by atoms with Crippen molar-refractivity contribution >= 4 is 34.2 Å². The molecule has 108 valence electrons. The molecule has 1 aliphatic heterocycles. The van der Waals surface area contributed by atoms with Gasteiger partial charge >= 0.3 is 0 Å². The quantitative estimate of drug-likeness (QED) is 0.797. The highest BCUT2D eigenvalue weighted by Crippen LogP contribution is 2.28. The van der Waals surface area contributed by atoms with Gasteiger partial charge < -0.3 is 9.75 Å². The minimum Gasteiger partial charge on any atom is -0.378 e. The largest absolute Gasteiger partial charge is 0.378 e. The van der Waals surface area contributed by atoms with E-state index in [1.165, 1.54) is 12.1 Å². The lowest BCUT2D eigenvalue weighted by Gasteiger charge is -2.31. The van der Waals surface area contributed by atoms with Crippen LogP contribution in [0.5, 0.6) is 0 Å². The van der Waals surface area contributed by atoms with E-state index in [9.17, 15) is 4.39 Å². The predicted molar refractivity (Wildman–Crippen MR) is 77.7 cm³/mol. The first-order valence-electron chi connectivity index (χ1n) is 6.42. The van der Waals surface area contributed by atoms with E-state index < -0.39 is 5.82 Å². The van der Waals surface area contributed by atoms with Crippen LogP contribution in [0.25, 0.3) is 11.0 Å². The predicted octanol–water partition coefficient (Wildman–Crippen LogP) is 3.10. The molecule has 1 aliphatic rings. The zero-order valence-electron chi connectivity index (χ0n) is 10.9. The molecule has 0 N–H and O–H groups in total. The second-order valence-corrected chi connectivity index (χ2v) is 5.78. The molecule has 0 aliphatic carbocycles. The van der Waals surface area contributed by atoms with E-state index in [2.05, 4.69) is 9.99 Å². The van der Waals surface area contributed by atoms with Crippen LogP contribution in [0.4, 0.5) is 4.39 Å². The molecule has 2 aromatic rings. The van der Waals surface area contributed by atoms with Crippen LogP contribution in [0.1, 0.15) is 18.1 Å². The lowest BCUT2D eigenvalue weighted by atomic mass is 10.3. The van der Waals surface area contributed by atoms with E-state index in [1.54, 1.807) is 0 Å². The number of morpholine rings is 1. The molecule has 3 rings (SSSR count). The molecule has 0 radical (unpaired) electrons. The Kier molecular flexibility index (Phi) is 3.75. The molecular formula is C13H14Cl2FN3O. The van der Waals surface area contributed by atoms with Crippen molar-refractivity contribution in [3.63, 3.8) is 0 Å². The van der Waals surface area contributed by atoms with Gasteiger partial charge in [-0.05, 0) is 13.0 Å². The molecule has 1 unspecified atom stereocenters. The minimum atomic E-state index is -0.456. The van der Waals surface area contributed by atoms with Crippen molar-refractivity contribution in [1.29, 1.82) is 0 Å². The van der Waals surface area contributed by atoms with Crippen molar-refractivity contribution < 1.29 is 9.13 Å². The standard InChI is InChI=1S/C13H14Cl2FN3O/c1-8(14)13-17-11-6-9(15)10(16)7-12(11)19(13)18-2-4-20-5-3-18/h6-8H,2-5H2,1H3. The fourth-order valence-corrected chi connectivity index (χ4v) is 2.69. The number of alkyl halides is 1. The summed E-state index contributed by atoms with van der Waals surface area (Å²) in [6, 6.07) is 2.94. The number of ether oxygens (including phenoxy) is 1. The van der Waals surface area contributed by atoms with Crippen LogP contribution < -0.4 is 5.01 Å².